The van der Waals surface area contributed by atoms with E-state index in [-0.39, 0.29) is 6.42 Å². The normalized spacial score (nSPS) is 11.2. The van der Waals surface area contributed by atoms with Crippen LogP contribution in [0.4, 0.5) is 4.79 Å². The third-order valence-corrected chi connectivity index (χ3v) is 3.14. The monoisotopic (exact) mass is 272 g/mol. The lowest BCUT2D eigenvalue weighted by Crippen LogP contribution is -2.43. The third-order valence-electron chi connectivity index (χ3n) is 3.14. The molecule has 0 saturated heterocycles. The van der Waals surface area contributed by atoms with Gasteiger partial charge in [0.25, 0.3) is 0 Å². The number of imide groups is 1. The van der Waals surface area contributed by atoms with Crippen LogP contribution in [0.1, 0.15) is 47.0 Å². The van der Waals surface area contributed by atoms with Gasteiger partial charge in [0.1, 0.15) is 0 Å². The van der Waals surface area contributed by atoms with Crippen LogP contribution in [0.3, 0.4) is 0 Å². The highest BCUT2D eigenvalue weighted by Gasteiger charge is 2.30. The van der Waals surface area contributed by atoms with Crippen LogP contribution in [0.2, 0.25) is 0 Å². The van der Waals surface area contributed by atoms with Crippen LogP contribution in [0.25, 0.3) is 0 Å². The summed E-state index contributed by atoms with van der Waals surface area (Å²) in [7, 11) is 0. The minimum atomic E-state index is -1.18. The van der Waals surface area contributed by atoms with Gasteiger partial charge in [0.05, 0.1) is 5.41 Å². The van der Waals surface area contributed by atoms with Gasteiger partial charge in [-0.15, -0.1) is 0 Å². The fourth-order valence-corrected chi connectivity index (χ4v) is 1.51. The summed E-state index contributed by atoms with van der Waals surface area (Å²) in [5, 5.41) is 13.6. The number of nitrogens with one attached hydrogen (secondary N) is 2. The maximum absolute atomic E-state index is 11.5. The lowest BCUT2D eigenvalue weighted by atomic mass is 9.89. The van der Waals surface area contributed by atoms with Crippen LogP contribution in [0, 0.1) is 11.3 Å². The van der Waals surface area contributed by atoms with E-state index in [0.717, 1.165) is 12.8 Å². The number of carboxylic acid groups (broad SMARTS) is 1. The Morgan fingerprint density at radius 1 is 1.16 bits per heavy atom. The molecular formula is C13H24N2O4. The number of hydrogen-bond acceptors (Lipinski definition) is 3. The first kappa shape index (κ1) is 17.4. The van der Waals surface area contributed by atoms with E-state index in [0.29, 0.717) is 12.5 Å². The maximum Gasteiger partial charge on any atom is 0.321 e. The van der Waals surface area contributed by atoms with Crippen LogP contribution in [-0.2, 0) is 9.59 Å². The second kappa shape index (κ2) is 7.76. The van der Waals surface area contributed by atoms with Gasteiger partial charge < -0.3 is 10.4 Å². The molecule has 0 spiro atoms. The summed E-state index contributed by atoms with van der Waals surface area (Å²) in [6.45, 7) is 7.46. The van der Waals surface area contributed by atoms with Crippen molar-refractivity contribution in [3.8, 4) is 0 Å². The Balaban J connectivity index is 4.13. The van der Waals surface area contributed by atoms with Crippen molar-refractivity contribution in [2.24, 2.45) is 11.3 Å². The number of rotatable bonds is 7. The Bertz CT molecular complexity index is 336. The molecule has 0 fully saturated rings. The molecule has 3 N–H and O–H groups in total. The Morgan fingerprint density at radius 2 is 1.68 bits per heavy atom. The van der Waals surface area contributed by atoms with Crippen molar-refractivity contribution < 1.29 is 19.5 Å². The summed E-state index contributed by atoms with van der Waals surface area (Å²) in [5.74, 6) is -1.27. The van der Waals surface area contributed by atoms with Crippen molar-refractivity contribution >= 4 is 17.9 Å². The second-order valence-corrected chi connectivity index (χ2v) is 5.31. The van der Waals surface area contributed by atoms with E-state index in [1.165, 1.54) is 13.8 Å². The largest absolute Gasteiger partial charge is 0.481 e. The lowest BCUT2D eigenvalue weighted by molar-refractivity contribution is -0.149. The van der Waals surface area contributed by atoms with Gasteiger partial charge >= 0.3 is 12.0 Å². The second-order valence-electron chi connectivity index (χ2n) is 5.31. The van der Waals surface area contributed by atoms with Crippen molar-refractivity contribution in [1.29, 1.82) is 0 Å². The highest BCUT2D eigenvalue weighted by molar-refractivity contribution is 5.96. The molecule has 0 aromatic heterocycles. The van der Waals surface area contributed by atoms with E-state index in [4.69, 9.17) is 5.11 Å². The molecule has 0 atom stereocenters. The minimum absolute atomic E-state index is 0.235. The smallest absolute Gasteiger partial charge is 0.321 e. The summed E-state index contributed by atoms with van der Waals surface area (Å²) in [6, 6.07) is -0.571. The zero-order valence-electron chi connectivity index (χ0n) is 12.1. The highest BCUT2D eigenvalue weighted by atomic mass is 16.4. The molecule has 6 nitrogen and oxygen atoms in total. The average molecular weight is 272 g/mol. The van der Waals surface area contributed by atoms with Gasteiger partial charge in [-0.25, -0.2) is 4.79 Å². The predicted octanol–water partition coefficient (Wildman–Crippen LogP) is 1.75. The van der Waals surface area contributed by atoms with Gasteiger partial charge in [-0.3, -0.25) is 14.9 Å². The first-order valence-corrected chi connectivity index (χ1v) is 6.54. The van der Waals surface area contributed by atoms with E-state index in [2.05, 4.69) is 10.6 Å². The molecule has 0 unspecified atom stereocenters. The molecule has 6 heteroatoms. The van der Waals surface area contributed by atoms with E-state index >= 15 is 0 Å². The van der Waals surface area contributed by atoms with Gasteiger partial charge in [0.15, 0.2) is 0 Å². The number of hydrogen-bond donors (Lipinski definition) is 3. The molecule has 0 bridgehead atoms. The van der Waals surface area contributed by atoms with Crippen molar-refractivity contribution in [1.82, 2.24) is 10.6 Å². The van der Waals surface area contributed by atoms with Gasteiger partial charge in [0, 0.05) is 13.0 Å². The number of carbonyl (C=O) groups excluding carboxylic acids is 2. The molecule has 0 radical (unpaired) electrons. The van der Waals surface area contributed by atoms with Crippen molar-refractivity contribution in [3.05, 3.63) is 0 Å². The number of carboxylic acids is 1. The van der Waals surface area contributed by atoms with E-state index in [9.17, 15) is 14.4 Å². The SMILES string of the molecule is CCC(CC)CNC(=O)NC(=O)CC(C)(C)C(=O)O. The molecule has 19 heavy (non-hydrogen) atoms. The Kier molecular flexibility index (Phi) is 7.11. The standard InChI is InChI=1S/C13H24N2O4/c1-5-9(6-2)8-14-12(19)15-10(16)7-13(3,4)11(17)18/h9H,5-8H2,1-4H3,(H,17,18)(H2,14,15,16,19). The quantitative estimate of drug-likeness (QED) is 0.658. The van der Waals surface area contributed by atoms with Crippen molar-refractivity contribution in [3.63, 3.8) is 0 Å². The Labute approximate surface area is 113 Å². The van der Waals surface area contributed by atoms with Crippen LogP contribution >= 0.6 is 0 Å². The van der Waals surface area contributed by atoms with Gasteiger partial charge in [0.2, 0.25) is 5.91 Å². The van der Waals surface area contributed by atoms with Gasteiger partial charge in [-0.05, 0) is 19.8 Å². The number of amides is 3. The summed E-state index contributed by atoms with van der Waals surface area (Å²) in [6.07, 6.45) is 1.67. The third kappa shape index (κ3) is 6.79. The topological polar surface area (TPSA) is 95.5 Å². The average Bonchev–Trinajstić information content (AvgIpc) is 2.29. The van der Waals surface area contributed by atoms with E-state index in [1.807, 2.05) is 13.8 Å². The number of urea groups is 1. The predicted molar refractivity (Wildman–Crippen MR) is 71.6 cm³/mol. The van der Waals surface area contributed by atoms with Crippen LogP contribution in [0.5, 0.6) is 0 Å². The molecule has 0 aliphatic heterocycles. The van der Waals surface area contributed by atoms with E-state index < -0.39 is 23.3 Å². The van der Waals surface area contributed by atoms with Crippen molar-refractivity contribution in [2.45, 2.75) is 47.0 Å². The van der Waals surface area contributed by atoms with Crippen LogP contribution in [0.15, 0.2) is 0 Å². The molecule has 0 aliphatic carbocycles. The Hall–Kier alpha value is -1.59. The lowest BCUT2D eigenvalue weighted by Gasteiger charge is -2.18. The molecule has 0 saturated carbocycles. The zero-order chi connectivity index (χ0) is 15.1. The molecule has 0 aliphatic rings. The highest BCUT2D eigenvalue weighted by Crippen LogP contribution is 2.19. The first-order valence-electron chi connectivity index (χ1n) is 6.54. The number of carbonyl (C=O) groups is 3. The molecule has 110 valence electrons. The maximum atomic E-state index is 11.5. The summed E-state index contributed by atoms with van der Waals surface area (Å²) in [4.78, 5) is 33.8. The summed E-state index contributed by atoms with van der Waals surface area (Å²) < 4.78 is 0. The van der Waals surface area contributed by atoms with Crippen LogP contribution < -0.4 is 10.6 Å². The summed E-state index contributed by atoms with van der Waals surface area (Å²) >= 11 is 0. The van der Waals surface area contributed by atoms with Crippen molar-refractivity contribution in [2.75, 3.05) is 6.54 Å². The molecule has 0 heterocycles. The molecule has 0 aromatic carbocycles. The zero-order valence-corrected chi connectivity index (χ0v) is 12.1. The fraction of sp³-hybridized carbons (Fsp3) is 0.769. The van der Waals surface area contributed by atoms with Gasteiger partial charge in [-0.2, -0.15) is 0 Å². The van der Waals surface area contributed by atoms with E-state index in [1.54, 1.807) is 0 Å². The van der Waals surface area contributed by atoms with Crippen LogP contribution in [-0.4, -0.2) is 29.6 Å². The van der Waals surface area contributed by atoms with Gasteiger partial charge in [-0.1, -0.05) is 26.7 Å². The minimum Gasteiger partial charge on any atom is -0.481 e. The summed E-state index contributed by atoms with van der Waals surface area (Å²) in [5.41, 5.74) is -1.18. The molecule has 0 rings (SSSR count). The molecule has 3 amide bonds. The fourth-order valence-electron chi connectivity index (χ4n) is 1.51. The Morgan fingerprint density at radius 3 is 2.11 bits per heavy atom. The molecular weight excluding hydrogens is 248 g/mol. The number of aliphatic carboxylic acids is 1. The first-order chi connectivity index (χ1) is 8.72. The molecule has 0 aromatic rings.